The molecule has 3 N–H and O–H groups in total. The summed E-state index contributed by atoms with van der Waals surface area (Å²) in [7, 11) is 0. The molecule has 0 bridgehead atoms. The Labute approximate surface area is 170 Å². The van der Waals surface area contributed by atoms with E-state index in [2.05, 4.69) is 15.3 Å². The van der Waals surface area contributed by atoms with E-state index in [1.54, 1.807) is 6.92 Å². The Kier molecular flexibility index (Phi) is 6.34. The number of pyridine rings is 1. The number of anilines is 1. The van der Waals surface area contributed by atoms with E-state index in [0.29, 0.717) is 5.71 Å². The number of nitrogens with two attached hydrogens (primary N) is 1. The molecule has 10 heteroatoms. The number of aliphatic imine (C=N–C) groups is 1. The zero-order valence-corrected chi connectivity index (χ0v) is 15.9. The number of amides is 2. The lowest BCUT2D eigenvalue weighted by atomic mass is 9.99. The number of nitrogens with one attached hydrogen (secondary N) is 1. The van der Waals surface area contributed by atoms with Gasteiger partial charge in [-0.2, -0.15) is 0 Å². The number of halogens is 4. The second-order valence-corrected chi connectivity index (χ2v) is 6.67. The van der Waals surface area contributed by atoms with Gasteiger partial charge in [0, 0.05) is 35.3 Å². The summed E-state index contributed by atoms with van der Waals surface area (Å²) in [4.78, 5) is 22.1. The van der Waals surface area contributed by atoms with E-state index in [4.69, 9.17) is 5.73 Å². The number of hydrogen-bond acceptors (Lipinski definition) is 4. The van der Waals surface area contributed by atoms with Crippen LogP contribution >= 0.6 is 0 Å². The summed E-state index contributed by atoms with van der Waals surface area (Å²) in [5, 5.41) is 2.56. The van der Waals surface area contributed by atoms with Crippen LogP contribution in [-0.4, -0.2) is 40.8 Å². The number of benzene rings is 1. The summed E-state index contributed by atoms with van der Waals surface area (Å²) in [6.45, 7) is 1.99. The molecular formula is C20H19F4N5O. The van der Waals surface area contributed by atoms with Crippen molar-refractivity contribution in [3.8, 4) is 0 Å². The average Bonchev–Trinajstić information content (AvgIpc) is 2.71. The Balaban J connectivity index is 1.80. The molecule has 2 heterocycles. The molecule has 2 amide bonds. The van der Waals surface area contributed by atoms with Crippen LogP contribution in [-0.2, 0) is 0 Å². The smallest absolute Gasteiger partial charge is 0.322 e. The zero-order chi connectivity index (χ0) is 21.8. The van der Waals surface area contributed by atoms with Crippen molar-refractivity contribution in [2.24, 2.45) is 10.7 Å². The predicted octanol–water partition coefficient (Wildman–Crippen LogP) is 3.97. The van der Waals surface area contributed by atoms with Gasteiger partial charge in [0.05, 0.1) is 24.8 Å². The van der Waals surface area contributed by atoms with Crippen LogP contribution < -0.4 is 11.1 Å². The molecular weight excluding hydrogens is 402 g/mol. The van der Waals surface area contributed by atoms with Crippen molar-refractivity contribution < 1.29 is 22.4 Å². The van der Waals surface area contributed by atoms with Crippen molar-refractivity contribution in [1.29, 1.82) is 0 Å². The highest BCUT2D eigenvalue weighted by atomic mass is 19.3. The van der Waals surface area contributed by atoms with Gasteiger partial charge in [-0.3, -0.25) is 9.98 Å². The van der Waals surface area contributed by atoms with Crippen LogP contribution in [0.5, 0.6) is 0 Å². The van der Waals surface area contributed by atoms with Gasteiger partial charge >= 0.3 is 6.03 Å². The van der Waals surface area contributed by atoms with Crippen LogP contribution in [0.15, 0.2) is 47.7 Å². The van der Waals surface area contributed by atoms with Gasteiger partial charge in [0.25, 0.3) is 6.43 Å². The monoisotopic (exact) mass is 421 g/mol. The van der Waals surface area contributed by atoms with E-state index in [-0.39, 0.29) is 36.0 Å². The van der Waals surface area contributed by atoms with E-state index in [9.17, 15) is 22.4 Å². The molecule has 1 aliphatic heterocycles. The molecule has 30 heavy (non-hydrogen) atoms. The molecule has 1 unspecified atom stereocenters. The molecule has 1 atom stereocenters. The van der Waals surface area contributed by atoms with E-state index in [1.165, 1.54) is 23.2 Å². The van der Waals surface area contributed by atoms with Crippen molar-refractivity contribution in [1.82, 2.24) is 9.88 Å². The van der Waals surface area contributed by atoms with Gasteiger partial charge in [0.2, 0.25) is 0 Å². The first-order chi connectivity index (χ1) is 14.3. The van der Waals surface area contributed by atoms with Gasteiger partial charge in [-0.25, -0.2) is 22.4 Å². The number of carbonyl (C=O) groups excluding carboxylic acids is 1. The molecule has 0 spiro atoms. The Morgan fingerprint density at radius 2 is 2.07 bits per heavy atom. The standard InChI is InChI=1S/C20H19F4N5O/c1-11-9-27-18(15(8-25)14-3-2-12(21)6-16(14)22)10-29(11)20(30)28-13-4-5-26-17(7-13)19(23)24/h2-8,11,19H,9-10,25H2,1H3,(H,26,28,30). The Morgan fingerprint density at radius 3 is 2.73 bits per heavy atom. The van der Waals surface area contributed by atoms with Crippen molar-refractivity contribution in [3.05, 3.63) is 65.6 Å². The molecule has 0 saturated carbocycles. The fourth-order valence-electron chi connectivity index (χ4n) is 3.04. The summed E-state index contributed by atoms with van der Waals surface area (Å²) in [5.41, 5.74) is 6.02. The molecule has 6 nitrogen and oxygen atoms in total. The van der Waals surface area contributed by atoms with Crippen LogP contribution in [0.2, 0.25) is 0 Å². The summed E-state index contributed by atoms with van der Waals surface area (Å²) in [6.07, 6.45) is -0.438. The molecule has 0 fully saturated rings. The number of aromatic nitrogens is 1. The van der Waals surface area contributed by atoms with Crippen LogP contribution in [0.4, 0.5) is 28.0 Å². The third-order valence-corrected chi connectivity index (χ3v) is 4.61. The van der Waals surface area contributed by atoms with Crippen LogP contribution in [0.25, 0.3) is 5.57 Å². The number of rotatable bonds is 4. The minimum absolute atomic E-state index is 0.000359. The lowest BCUT2D eigenvalue weighted by Crippen LogP contribution is -2.48. The van der Waals surface area contributed by atoms with Gasteiger partial charge in [0.15, 0.2) is 0 Å². The lowest BCUT2D eigenvalue weighted by Gasteiger charge is -2.33. The minimum atomic E-state index is -2.77. The molecule has 0 radical (unpaired) electrons. The highest BCUT2D eigenvalue weighted by molar-refractivity contribution is 6.25. The summed E-state index contributed by atoms with van der Waals surface area (Å²) >= 11 is 0. The van der Waals surface area contributed by atoms with Gasteiger partial charge in [0.1, 0.15) is 17.3 Å². The Bertz CT molecular complexity index is 1010. The van der Waals surface area contributed by atoms with Gasteiger partial charge in [-0.15, -0.1) is 0 Å². The molecule has 1 aromatic heterocycles. The van der Waals surface area contributed by atoms with Crippen molar-refractivity contribution >= 4 is 23.0 Å². The Hall–Kier alpha value is -3.43. The summed E-state index contributed by atoms with van der Waals surface area (Å²) in [5.74, 6) is -1.53. The Morgan fingerprint density at radius 1 is 1.30 bits per heavy atom. The van der Waals surface area contributed by atoms with E-state index in [1.807, 2.05) is 0 Å². The molecule has 1 aromatic carbocycles. The molecule has 158 valence electrons. The van der Waals surface area contributed by atoms with Gasteiger partial charge < -0.3 is 16.0 Å². The van der Waals surface area contributed by atoms with Crippen LogP contribution in [0.3, 0.4) is 0 Å². The number of nitrogens with zero attached hydrogens (tertiary/aromatic N) is 3. The van der Waals surface area contributed by atoms with Crippen molar-refractivity contribution in [2.45, 2.75) is 19.4 Å². The predicted molar refractivity (Wildman–Crippen MR) is 105 cm³/mol. The highest BCUT2D eigenvalue weighted by Crippen LogP contribution is 2.24. The number of hydrogen-bond donors (Lipinski definition) is 2. The third-order valence-electron chi connectivity index (χ3n) is 4.61. The quantitative estimate of drug-likeness (QED) is 0.733. The van der Waals surface area contributed by atoms with E-state index >= 15 is 0 Å². The first-order valence-electron chi connectivity index (χ1n) is 9.03. The van der Waals surface area contributed by atoms with Crippen molar-refractivity contribution in [2.75, 3.05) is 18.4 Å². The minimum Gasteiger partial charge on any atom is -0.404 e. The molecule has 3 rings (SSSR count). The summed E-state index contributed by atoms with van der Waals surface area (Å²) < 4.78 is 53.1. The maximum Gasteiger partial charge on any atom is 0.322 e. The number of urea groups is 1. The van der Waals surface area contributed by atoms with Crippen LogP contribution in [0, 0.1) is 11.6 Å². The van der Waals surface area contributed by atoms with Crippen molar-refractivity contribution in [3.63, 3.8) is 0 Å². The second-order valence-electron chi connectivity index (χ2n) is 6.67. The topological polar surface area (TPSA) is 83.6 Å². The molecule has 0 saturated heterocycles. The lowest BCUT2D eigenvalue weighted by molar-refractivity contribution is 0.146. The van der Waals surface area contributed by atoms with Gasteiger partial charge in [-0.1, -0.05) is 0 Å². The normalized spacial score (nSPS) is 17.1. The third kappa shape index (κ3) is 4.58. The number of alkyl halides is 2. The summed E-state index contributed by atoms with van der Waals surface area (Å²) in [6, 6.07) is 4.72. The molecule has 0 aliphatic carbocycles. The zero-order valence-electron chi connectivity index (χ0n) is 15.9. The van der Waals surface area contributed by atoms with E-state index in [0.717, 1.165) is 24.4 Å². The maximum atomic E-state index is 14.2. The molecule has 1 aliphatic rings. The highest BCUT2D eigenvalue weighted by Gasteiger charge is 2.28. The second kappa shape index (κ2) is 8.93. The fourth-order valence-corrected chi connectivity index (χ4v) is 3.04. The SMILES string of the molecule is CC1CN=C(C(=CN)c2ccc(F)cc2F)CN1C(=O)Nc1ccnc(C(F)F)c1. The first kappa shape index (κ1) is 21.3. The first-order valence-corrected chi connectivity index (χ1v) is 9.03. The average molecular weight is 421 g/mol. The largest absolute Gasteiger partial charge is 0.404 e. The maximum absolute atomic E-state index is 14.2. The fraction of sp³-hybridized carbons (Fsp3) is 0.250. The van der Waals surface area contributed by atoms with Crippen LogP contribution in [0.1, 0.15) is 24.6 Å². The molecule has 2 aromatic rings. The number of carbonyl (C=O) groups is 1. The van der Waals surface area contributed by atoms with E-state index < -0.39 is 29.8 Å². The van der Waals surface area contributed by atoms with Gasteiger partial charge in [-0.05, 0) is 31.2 Å².